The van der Waals surface area contributed by atoms with Gasteiger partial charge in [-0.3, -0.25) is 0 Å². The van der Waals surface area contributed by atoms with Crippen LogP contribution in [-0.2, 0) is 0 Å². The van der Waals surface area contributed by atoms with E-state index in [1.807, 2.05) is 74.5 Å². The van der Waals surface area contributed by atoms with Crippen LogP contribution in [0.2, 0.25) is 0 Å². The maximum atomic E-state index is 15.2. The highest BCUT2D eigenvalue weighted by atomic mass is 19.1. The fourth-order valence-electron chi connectivity index (χ4n) is 5.68. The zero-order valence-electron chi connectivity index (χ0n) is 29.0. The molecule has 0 unspecified atom stereocenters. The molecule has 0 heterocycles. The summed E-state index contributed by atoms with van der Waals surface area (Å²) in [4.78, 5) is 0. The first kappa shape index (κ1) is 36.9. The maximum absolute atomic E-state index is 15.2. The van der Waals surface area contributed by atoms with Gasteiger partial charge in [0.15, 0.2) is 0 Å². The monoisotopic (exact) mass is 692 g/mol. The molecular weight excluding hydrogens is 655 g/mol. The molecule has 52 heavy (non-hydrogen) atoms. The zero-order valence-corrected chi connectivity index (χ0v) is 29.0. The molecule has 0 radical (unpaired) electrons. The third-order valence-electron chi connectivity index (χ3n) is 8.47. The molecule has 6 rings (SSSR count). The van der Waals surface area contributed by atoms with Crippen LogP contribution in [0.1, 0.15) is 28.7 Å². The van der Waals surface area contributed by atoms with Gasteiger partial charge in [0.1, 0.15) is 23.1 Å². The molecule has 0 fully saturated rings. The summed E-state index contributed by atoms with van der Waals surface area (Å²) in [6.45, 7) is 5.14. The molecule has 6 aromatic rings. The first-order chi connectivity index (χ1) is 25.2. The number of hydrogen-bond donors (Lipinski definition) is 2. The van der Waals surface area contributed by atoms with Crippen LogP contribution in [0.3, 0.4) is 0 Å². The summed E-state index contributed by atoms with van der Waals surface area (Å²) in [5, 5.41) is 18.1. The van der Waals surface area contributed by atoms with Crippen LogP contribution in [0.4, 0.5) is 8.78 Å². The summed E-state index contributed by atoms with van der Waals surface area (Å²) in [6.07, 6.45) is 0.944. The number of nitriles is 2. The predicted octanol–water partition coefficient (Wildman–Crippen LogP) is 9.70. The van der Waals surface area contributed by atoms with E-state index in [4.69, 9.17) is 31.5 Å². The van der Waals surface area contributed by atoms with Crippen molar-refractivity contribution in [1.29, 1.82) is 10.5 Å². The molecule has 6 nitrogen and oxygen atoms in total. The van der Waals surface area contributed by atoms with E-state index in [9.17, 15) is 0 Å². The first-order valence-corrected chi connectivity index (χ1v) is 16.7. The smallest absolute Gasteiger partial charge is 0.230 e. The Balaban J connectivity index is 0.000000979. The quantitative estimate of drug-likeness (QED) is 0.138. The number of halogens is 2. The summed E-state index contributed by atoms with van der Waals surface area (Å²) in [5.74, 6) is -0.313. The first-order valence-electron chi connectivity index (χ1n) is 16.7. The maximum Gasteiger partial charge on any atom is 0.230 e. The molecule has 0 aliphatic carbocycles. The Hall–Kier alpha value is -6.32. The highest BCUT2D eigenvalue weighted by molar-refractivity contribution is 5.75. The molecule has 0 spiro atoms. The van der Waals surface area contributed by atoms with Crippen LogP contribution in [0.15, 0.2) is 121 Å². The molecule has 0 bridgehead atoms. The Morgan fingerprint density at radius 3 is 1.17 bits per heavy atom. The van der Waals surface area contributed by atoms with Gasteiger partial charge in [0.05, 0.1) is 23.3 Å². The summed E-state index contributed by atoms with van der Waals surface area (Å²) in [6, 6.07) is 39.7. The van der Waals surface area contributed by atoms with Crippen LogP contribution in [-0.4, -0.2) is 19.9 Å². The van der Waals surface area contributed by atoms with Gasteiger partial charge in [-0.2, -0.15) is 10.5 Å². The molecule has 4 N–H and O–H groups in total. The average Bonchev–Trinajstić information content (AvgIpc) is 3.16. The second-order valence-electron chi connectivity index (χ2n) is 12.1. The van der Waals surface area contributed by atoms with Gasteiger partial charge < -0.3 is 20.9 Å². The number of rotatable bonds is 10. The SMILES string of the molecule is Cc1cc(-c2ccc(OCOc3ccc(-c4ccc(-c5ccc(C#N)cc5)c(C)c4)c(F)c3)cc2F)ccc1-c1ccc(C#N)cc1.NCCCN. The summed E-state index contributed by atoms with van der Waals surface area (Å²) in [5.41, 5.74) is 19.6. The second kappa shape index (κ2) is 17.6. The lowest BCUT2D eigenvalue weighted by Gasteiger charge is -2.13. The summed E-state index contributed by atoms with van der Waals surface area (Å²) < 4.78 is 41.5. The topological polar surface area (TPSA) is 118 Å². The number of nitrogens with zero attached hydrogens (tertiary/aromatic N) is 2. The lowest BCUT2D eigenvalue weighted by atomic mass is 9.95. The van der Waals surface area contributed by atoms with Crippen LogP contribution in [0.25, 0.3) is 44.5 Å². The number of ether oxygens (including phenoxy) is 2. The molecule has 0 aliphatic rings. The van der Waals surface area contributed by atoms with Crippen molar-refractivity contribution in [3.63, 3.8) is 0 Å². The highest BCUT2D eigenvalue weighted by Gasteiger charge is 2.12. The fraction of sp³-hybridized carbons (Fsp3) is 0.136. The third-order valence-corrected chi connectivity index (χ3v) is 8.47. The van der Waals surface area contributed by atoms with E-state index in [0.717, 1.165) is 64.0 Å². The van der Waals surface area contributed by atoms with E-state index in [2.05, 4.69) is 12.1 Å². The van der Waals surface area contributed by atoms with Crippen molar-refractivity contribution in [1.82, 2.24) is 0 Å². The Bertz CT molecular complexity index is 2080. The average molecular weight is 693 g/mol. The normalized spacial score (nSPS) is 10.4. The summed E-state index contributed by atoms with van der Waals surface area (Å²) >= 11 is 0. The van der Waals surface area contributed by atoms with Gasteiger partial charge in [-0.05, 0) is 126 Å². The molecular formula is C44H38F2N4O2. The number of nitrogens with two attached hydrogens (primary N) is 2. The van der Waals surface area contributed by atoms with Crippen molar-refractivity contribution in [2.24, 2.45) is 11.5 Å². The van der Waals surface area contributed by atoms with Gasteiger partial charge in [0.25, 0.3) is 0 Å². The number of aryl methyl sites for hydroxylation is 2. The zero-order chi connectivity index (χ0) is 37.0. The summed E-state index contributed by atoms with van der Waals surface area (Å²) in [7, 11) is 0. The van der Waals surface area contributed by atoms with Crippen LogP contribution in [0.5, 0.6) is 11.5 Å². The number of hydrogen-bond acceptors (Lipinski definition) is 6. The minimum Gasteiger partial charge on any atom is -0.457 e. The minimum absolute atomic E-state index is 0.228. The van der Waals surface area contributed by atoms with Crippen molar-refractivity contribution < 1.29 is 18.3 Å². The molecule has 6 aromatic carbocycles. The van der Waals surface area contributed by atoms with Crippen molar-refractivity contribution in [3.8, 4) is 68.1 Å². The van der Waals surface area contributed by atoms with Gasteiger partial charge in [0.2, 0.25) is 6.79 Å². The van der Waals surface area contributed by atoms with Crippen molar-refractivity contribution >= 4 is 0 Å². The van der Waals surface area contributed by atoms with Crippen LogP contribution in [0, 0.1) is 48.1 Å². The molecule has 260 valence electrons. The second-order valence-corrected chi connectivity index (χ2v) is 12.1. The van der Waals surface area contributed by atoms with E-state index in [1.54, 1.807) is 48.5 Å². The van der Waals surface area contributed by atoms with E-state index < -0.39 is 11.6 Å². The van der Waals surface area contributed by atoms with Crippen molar-refractivity contribution in [3.05, 3.63) is 155 Å². The Morgan fingerprint density at radius 1 is 0.500 bits per heavy atom. The predicted molar refractivity (Wildman–Crippen MR) is 202 cm³/mol. The molecule has 0 aromatic heterocycles. The molecule has 0 saturated carbocycles. The van der Waals surface area contributed by atoms with E-state index in [0.29, 0.717) is 22.3 Å². The number of benzene rings is 6. The van der Waals surface area contributed by atoms with Gasteiger partial charge >= 0.3 is 0 Å². The van der Waals surface area contributed by atoms with Gasteiger partial charge in [-0.15, -0.1) is 0 Å². The third kappa shape index (κ3) is 9.07. The van der Waals surface area contributed by atoms with E-state index >= 15 is 8.78 Å². The van der Waals surface area contributed by atoms with Gasteiger partial charge in [-0.1, -0.05) is 60.7 Å². The standard InChI is InChI=1S/C41H28F2N2O2.C3H10N2/c1-26-19-32(11-15-36(26)30-7-3-28(23-44)4-8-30)38-17-13-34(21-40(38)42)46-25-47-35-14-18-39(41(43)22-35)33-12-16-37(27(2)20-33)31-9-5-29(24-45)6-10-31;4-2-1-3-5/h3-22H,25H2,1-2H3;1-5H2. The Kier molecular flexibility index (Phi) is 12.5. The molecule has 0 atom stereocenters. The highest BCUT2D eigenvalue weighted by Crippen LogP contribution is 2.33. The van der Waals surface area contributed by atoms with Gasteiger partial charge in [-0.25, -0.2) is 8.78 Å². The fourth-order valence-corrected chi connectivity index (χ4v) is 5.68. The molecule has 8 heteroatoms. The van der Waals surface area contributed by atoms with Crippen molar-refractivity contribution in [2.45, 2.75) is 20.3 Å². The molecule has 0 aliphatic heterocycles. The molecule has 0 amide bonds. The Morgan fingerprint density at radius 2 is 0.865 bits per heavy atom. The molecule has 0 saturated heterocycles. The van der Waals surface area contributed by atoms with Crippen LogP contribution < -0.4 is 20.9 Å². The minimum atomic E-state index is -0.441. The largest absolute Gasteiger partial charge is 0.457 e. The van der Waals surface area contributed by atoms with Crippen LogP contribution >= 0.6 is 0 Å². The lowest BCUT2D eigenvalue weighted by Crippen LogP contribution is -2.06. The van der Waals surface area contributed by atoms with Gasteiger partial charge in [0, 0.05) is 23.3 Å². The van der Waals surface area contributed by atoms with Crippen molar-refractivity contribution in [2.75, 3.05) is 19.9 Å². The Labute approximate surface area is 303 Å². The van der Waals surface area contributed by atoms with E-state index in [-0.39, 0.29) is 18.3 Å². The van der Waals surface area contributed by atoms with E-state index in [1.165, 1.54) is 12.1 Å². The lowest BCUT2D eigenvalue weighted by molar-refractivity contribution is 0.119.